The second-order valence-electron chi connectivity index (χ2n) is 4.19. The van der Waals surface area contributed by atoms with E-state index in [1.165, 1.54) is 15.7 Å². The molecule has 0 amide bonds. The van der Waals surface area contributed by atoms with Crippen LogP contribution < -0.4 is 16.0 Å². The summed E-state index contributed by atoms with van der Waals surface area (Å²) >= 11 is 1.33. The summed E-state index contributed by atoms with van der Waals surface area (Å²) in [6, 6.07) is 0. The van der Waals surface area contributed by atoms with E-state index < -0.39 is 10.0 Å². The minimum atomic E-state index is -3.73. The van der Waals surface area contributed by atoms with E-state index in [0.717, 1.165) is 5.69 Å². The third kappa shape index (κ3) is 2.63. The van der Waals surface area contributed by atoms with Gasteiger partial charge in [0, 0.05) is 36.4 Å². The molecule has 0 saturated carbocycles. The molecule has 0 unspecified atom stereocenters. The molecule has 0 aliphatic carbocycles. The summed E-state index contributed by atoms with van der Waals surface area (Å²) in [5.41, 5.74) is 3.17. The van der Waals surface area contributed by atoms with Crippen LogP contribution in [0, 0.1) is 0 Å². The van der Waals surface area contributed by atoms with Gasteiger partial charge in [-0.3, -0.25) is 4.40 Å². The van der Waals surface area contributed by atoms with Crippen molar-refractivity contribution >= 4 is 32.1 Å². The fraction of sp³-hybridized carbons (Fsp3) is 0.200. The molecule has 9 nitrogen and oxygen atoms in total. The van der Waals surface area contributed by atoms with E-state index in [1.807, 2.05) is 0 Å². The molecular weight excluding hydrogens is 314 g/mol. The number of nitrogen functional groups attached to an aromatic ring is 1. The summed E-state index contributed by atoms with van der Waals surface area (Å²) in [6.07, 6.45) is 5.34. The number of thiazole rings is 1. The Morgan fingerprint density at radius 1 is 1.48 bits per heavy atom. The molecule has 3 rings (SSSR count). The smallest absolute Gasteiger partial charge is 0.260 e. The topological polar surface area (TPSA) is 130 Å². The lowest BCUT2D eigenvalue weighted by Gasteiger charge is -2.07. The predicted octanol–water partition coefficient (Wildman–Crippen LogP) is -0.0745. The molecule has 0 fully saturated rings. The zero-order valence-corrected chi connectivity index (χ0v) is 12.4. The van der Waals surface area contributed by atoms with E-state index in [4.69, 9.17) is 5.84 Å². The fourth-order valence-electron chi connectivity index (χ4n) is 1.93. The number of aromatic nitrogens is 4. The summed E-state index contributed by atoms with van der Waals surface area (Å²) < 4.78 is 28.9. The fourth-order valence-corrected chi connectivity index (χ4v) is 3.97. The third-order valence-electron chi connectivity index (χ3n) is 2.85. The van der Waals surface area contributed by atoms with Crippen molar-refractivity contribution in [2.24, 2.45) is 5.84 Å². The number of sulfonamides is 1. The van der Waals surface area contributed by atoms with Crippen molar-refractivity contribution in [3.63, 3.8) is 0 Å². The van der Waals surface area contributed by atoms with Gasteiger partial charge in [0.25, 0.3) is 10.0 Å². The van der Waals surface area contributed by atoms with Crippen LogP contribution >= 0.6 is 11.3 Å². The van der Waals surface area contributed by atoms with Crippen LogP contribution in [0.2, 0.25) is 0 Å². The molecule has 3 aromatic rings. The summed E-state index contributed by atoms with van der Waals surface area (Å²) in [5, 5.41) is 1.76. The molecule has 0 atom stereocenters. The molecule has 3 heterocycles. The lowest BCUT2D eigenvalue weighted by atomic mass is 10.3. The number of rotatable bonds is 6. The first-order valence-corrected chi connectivity index (χ1v) is 8.37. The number of anilines is 1. The third-order valence-corrected chi connectivity index (χ3v) is 5.09. The normalized spacial score (nSPS) is 12.0. The van der Waals surface area contributed by atoms with Gasteiger partial charge in [0.2, 0.25) is 5.03 Å². The molecular formula is C10H13N7O2S2. The Kier molecular flexibility index (Phi) is 3.63. The molecule has 0 spiro atoms. The summed E-state index contributed by atoms with van der Waals surface area (Å²) in [7, 11) is -3.73. The van der Waals surface area contributed by atoms with Gasteiger partial charge < -0.3 is 10.4 Å². The van der Waals surface area contributed by atoms with Gasteiger partial charge in [-0.25, -0.2) is 24.0 Å². The van der Waals surface area contributed by atoms with Gasteiger partial charge in [0.15, 0.2) is 10.8 Å². The number of hydrogen-bond donors (Lipinski definition) is 4. The van der Waals surface area contributed by atoms with Gasteiger partial charge in [0.05, 0.1) is 6.33 Å². The van der Waals surface area contributed by atoms with Gasteiger partial charge >= 0.3 is 0 Å². The van der Waals surface area contributed by atoms with Crippen molar-refractivity contribution in [2.75, 3.05) is 12.0 Å². The van der Waals surface area contributed by atoms with Crippen LogP contribution in [0.4, 0.5) is 5.82 Å². The van der Waals surface area contributed by atoms with Gasteiger partial charge in [-0.05, 0) is 0 Å². The molecule has 0 aliphatic rings. The van der Waals surface area contributed by atoms with Crippen LogP contribution in [0.15, 0.2) is 29.1 Å². The van der Waals surface area contributed by atoms with Crippen LogP contribution in [0.3, 0.4) is 0 Å². The number of nitrogens with two attached hydrogens (primary N) is 1. The van der Waals surface area contributed by atoms with Gasteiger partial charge in [-0.1, -0.05) is 0 Å². The maximum atomic E-state index is 12.4. The molecule has 5 N–H and O–H groups in total. The Labute approximate surface area is 124 Å². The maximum absolute atomic E-state index is 12.4. The Morgan fingerprint density at radius 3 is 3.05 bits per heavy atom. The SMILES string of the molecule is NNc1nc2sccn2c1S(=O)(=O)NCCc1cnc[nH]1. The molecule has 3 aromatic heterocycles. The van der Waals surface area contributed by atoms with Crippen molar-refractivity contribution in [1.82, 2.24) is 24.1 Å². The molecule has 0 radical (unpaired) electrons. The first-order chi connectivity index (χ1) is 10.1. The van der Waals surface area contributed by atoms with E-state index in [1.54, 1.807) is 24.1 Å². The van der Waals surface area contributed by atoms with E-state index in [9.17, 15) is 8.42 Å². The number of nitrogens with zero attached hydrogens (tertiary/aromatic N) is 3. The molecule has 0 bridgehead atoms. The zero-order chi connectivity index (χ0) is 14.9. The van der Waals surface area contributed by atoms with Crippen molar-refractivity contribution in [1.29, 1.82) is 0 Å². The quantitative estimate of drug-likeness (QED) is 0.370. The highest BCUT2D eigenvalue weighted by molar-refractivity contribution is 7.89. The number of fused-ring (bicyclic) bond motifs is 1. The van der Waals surface area contributed by atoms with Crippen molar-refractivity contribution < 1.29 is 8.42 Å². The largest absolute Gasteiger partial charge is 0.348 e. The van der Waals surface area contributed by atoms with Gasteiger partial charge in [0.1, 0.15) is 0 Å². The predicted molar refractivity (Wildman–Crippen MR) is 78.4 cm³/mol. The second-order valence-corrected chi connectivity index (χ2v) is 6.75. The average Bonchev–Trinajstić information content (AvgIpc) is 3.13. The van der Waals surface area contributed by atoms with Crippen LogP contribution in [-0.4, -0.2) is 34.3 Å². The first kappa shape index (κ1) is 14.0. The van der Waals surface area contributed by atoms with Gasteiger partial charge in [-0.15, -0.1) is 11.3 Å². The lowest BCUT2D eigenvalue weighted by Crippen LogP contribution is -2.28. The molecule has 0 aromatic carbocycles. The summed E-state index contributed by atoms with van der Waals surface area (Å²) in [5.74, 6) is 5.47. The van der Waals surface area contributed by atoms with Crippen LogP contribution in [0.5, 0.6) is 0 Å². The number of imidazole rings is 2. The van der Waals surface area contributed by atoms with Crippen molar-refractivity contribution in [3.05, 3.63) is 29.8 Å². The van der Waals surface area contributed by atoms with Crippen LogP contribution in [0.1, 0.15) is 5.69 Å². The standard InChI is InChI=1S/C10H13N7O2S2/c11-16-8-9(17-3-4-20-10(17)15-8)21(18,19)14-2-1-7-5-12-6-13-7/h3-6,14,16H,1-2,11H2,(H,12,13). The lowest BCUT2D eigenvalue weighted by molar-refractivity contribution is 0.577. The molecule has 0 saturated heterocycles. The van der Waals surface area contributed by atoms with Crippen molar-refractivity contribution in [2.45, 2.75) is 11.4 Å². The van der Waals surface area contributed by atoms with Crippen LogP contribution in [0.25, 0.3) is 4.96 Å². The zero-order valence-electron chi connectivity index (χ0n) is 10.8. The highest BCUT2D eigenvalue weighted by Crippen LogP contribution is 2.24. The van der Waals surface area contributed by atoms with Gasteiger partial charge in [-0.2, -0.15) is 4.98 Å². The first-order valence-electron chi connectivity index (χ1n) is 6.01. The number of aromatic amines is 1. The molecule has 0 aliphatic heterocycles. The molecule has 21 heavy (non-hydrogen) atoms. The Balaban J connectivity index is 1.84. The monoisotopic (exact) mass is 327 g/mol. The van der Waals surface area contributed by atoms with Crippen LogP contribution in [-0.2, 0) is 16.4 Å². The molecule has 11 heteroatoms. The van der Waals surface area contributed by atoms with E-state index in [0.29, 0.717) is 11.4 Å². The van der Waals surface area contributed by atoms with E-state index in [-0.39, 0.29) is 17.4 Å². The number of hydrazine groups is 1. The summed E-state index contributed by atoms with van der Waals surface area (Å²) in [6.45, 7) is 0.242. The average molecular weight is 327 g/mol. The second kappa shape index (κ2) is 5.44. The van der Waals surface area contributed by atoms with Crippen molar-refractivity contribution in [3.8, 4) is 0 Å². The highest BCUT2D eigenvalue weighted by atomic mass is 32.2. The minimum Gasteiger partial charge on any atom is -0.348 e. The summed E-state index contributed by atoms with van der Waals surface area (Å²) in [4.78, 5) is 11.5. The number of hydrogen-bond acceptors (Lipinski definition) is 7. The maximum Gasteiger partial charge on any atom is 0.260 e. The Bertz CT molecular complexity index is 834. The van der Waals surface area contributed by atoms with E-state index in [2.05, 4.69) is 25.1 Å². The van der Waals surface area contributed by atoms with E-state index >= 15 is 0 Å². The minimum absolute atomic E-state index is 0.00543. The number of nitrogens with one attached hydrogen (secondary N) is 3. The number of H-pyrrole nitrogens is 1. The Hall–Kier alpha value is -1.95. The Morgan fingerprint density at radius 2 is 2.33 bits per heavy atom. The molecule has 112 valence electrons. The highest BCUT2D eigenvalue weighted by Gasteiger charge is 2.25.